The number of fused-ring (bicyclic) bond motifs is 2. The van der Waals surface area contributed by atoms with Gasteiger partial charge in [-0.2, -0.15) is 5.10 Å². The van der Waals surface area contributed by atoms with Crippen LogP contribution in [0.3, 0.4) is 0 Å². The monoisotopic (exact) mass is 266 g/mol. The molecule has 0 saturated carbocycles. The number of aryl methyl sites for hydroxylation is 1. The van der Waals surface area contributed by atoms with Crippen LogP contribution in [0.15, 0.2) is 42.0 Å². The zero-order chi connectivity index (χ0) is 12.8. The first-order chi connectivity index (χ1) is 9.29. The molecule has 0 aromatic carbocycles. The minimum atomic E-state index is 0.767. The van der Waals surface area contributed by atoms with Crippen LogP contribution in [0.4, 0.5) is 0 Å². The lowest BCUT2D eigenvalue weighted by Gasteiger charge is -2.00. The maximum Gasteiger partial charge on any atom is 0.181 e. The second-order valence-corrected chi connectivity index (χ2v) is 5.35. The lowest BCUT2D eigenvalue weighted by molar-refractivity contribution is 0.776. The summed E-state index contributed by atoms with van der Waals surface area (Å²) in [5.41, 5.74) is 2.74. The van der Waals surface area contributed by atoms with Crippen molar-refractivity contribution in [2.75, 3.05) is 0 Å². The van der Waals surface area contributed by atoms with Crippen LogP contribution in [-0.4, -0.2) is 19.7 Å². The Balaban J connectivity index is 1.91. The predicted octanol–water partition coefficient (Wildman–Crippen LogP) is 3.25. The normalized spacial score (nSPS) is 11.4. The van der Waals surface area contributed by atoms with E-state index < -0.39 is 0 Å². The van der Waals surface area contributed by atoms with Gasteiger partial charge in [-0.25, -0.2) is 9.97 Å². The van der Waals surface area contributed by atoms with Gasteiger partial charge in [0, 0.05) is 35.8 Å². The van der Waals surface area contributed by atoms with E-state index in [-0.39, 0.29) is 0 Å². The molecule has 0 aliphatic heterocycles. The summed E-state index contributed by atoms with van der Waals surface area (Å²) in [5, 5.41) is 8.56. The fraction of sp³-hybridized carbons (Fsp3) is 0.0714. The molecule has 0 radical (unpaired) electrons. The highest BCUT2D eigenvalue weighted by Crippen LogP contribution is 2.25. The first kappa shape index (κ1) is 10.6. The van der Waals surface area contributed by atoms with E-state index in [1.54, 1.807) is 16.0 Å². The summed E-state index contributed by atoms with van der Waals surface area (Å²) in [5.74, 6) is 0. The summed E-state index contributed by atoms with van der Waals surface area (Å²) in [4.78, 5) is 10.1. The van der Waals surface area contributed by atoms with Crippen molar-refractivity contribution in [2.24, 2.45) is 7.05 Å². The van der Waals surface area contributed by atoms with Crippen LogP contribution >= 0.6 is 11.3 Å². The van der Waals surface area contributed by atoms with E-state index in [1.165, 1.54) is 5.39 Å². The summed E-state index contributed by atoms with van der Waals surface area (Å²) in [7, 11) is 1.90. The van der Waals surface area contributed by atoms with E-state index in [0.29, 0.717) is 0 Å². The number of pyridine rings is 2. The molecule has 4 nitrogen and oxygen atoms in total. The highest BCUT2D eigenvalue weighted by atomic mass is 32.1. The van der Waals surface area contributed by atoms with E-state index in [4.69, 9.17) is 0 Å². The highest BCUT2D eigenvalue weighted by Gasteiger charge is 2.06. The molecular weight excluding hydrogens is 256 g/mol. The van der Waals surface area contributed by atoms with Gasteiger partial charge in [-0.1, -0.05) is 0 Å². The standard InChI is InChI=1S/C14H10N4S/c1-18-8-11-6-10(7-15-13(11)17-18)12-3-2-9-4-5-19-14(9)16-12/h2-8H,1H3. The Morgan fingerprint density at radius 1 is 1.16 bits per heavy atom. The second-order valence-electron chi connectivity index (χ2n) is 4.45. The smallest absolute Gasteiger partial charge is 0.181 e. The van der Waals surface area contributed by atoms with Crippen LogP contribution in [0.1, 0.15) is 0 Å². The maximum absolute atomic E-state index is 4.67. The summed E-state index contributed by atoms with van der Waals surface area (Å²) in [6.45, 7) is 0. The van der Waals surface area contributed by atoms with Gasteiger partial charge in [-0.3, -0.25) is 4.68 Å². The van der Waals surface area contributed by atoms with Gasteiger partial charge < -0.3 is 0 Å². The van der Waals surface area contributed by atoms with Gasteiger partial charge in [0.1, 0.15) is 4.83 Å². The van der Waals surface area contributed by atoms with Gasteiger partial charge in [-0.15, -0.1) is 11.3 Å². The van der Waals surface area contributed by atoms with E-state index >= 15 is 0 Å². The Bertz CT molecular complexity index is 891. The Morgan fingerprint density at radius 3 is 3.05 bits per heavy atom. The molecule has 92 valence electrons. The summed E-state index contributed by atoms with van der Waals surface area (Å²) >= 11 is 1.66. The lowest BCUT2D eigenvalue weighted by atomic mass is 10.1. The number of nitrogens with zero attached hydrogens (tertiary/aromatic N) is 4. The van der Waals surface area contributed by atoms with E-state index in [9.17, 15) is 0 Å². The molecule has 4 aromatic heterocycles. The molecule has 0 fully saturated rings. The van der Waals surface area contributed by atoms with Gasteiger partial charge in [0.25, 0.3) is 0 Å². The molecule has 0 amide bonds. The molecule has 4 heterocycles. The first-order valence-electron chi connectivity index (χ1n) is 5.94. The van der Waals surface area contributed by atoms with Crippen LogP contribution in [0.25, 0.3) is 32.5 Å². The van der Waals surface area contributed by atoms with Crippen molar-refractivity contribution in [3.63, 3.8) is 0 Å². The maximum atomic E-state index is 4.67. The Kier molecular flexibility index (Phi) is 2.16. The fourth-order valence-electron chi connectivity index (χ4n) is 2.18. The van der Waals surface area contributed by atoms with Gasteiger partial charge in [0.05, 0.1) is 5.69 Å². The summed E-state index contributed by atoms with van der Waals surface area (Å²) in [6.07, 6.45) is 3.80. The number of hydrogen-bond donors (Lipinski definition) is 0. The van der Waals surface area contributed by atoms with Crippen LogP contribution in [0, 0.1) is 0 Å². The molecule has 0 unspecified atom stereocenters. The SMILES string of the molecule is Cn1cc2cc(-c3ccc4ccsc4n3)cnc2n1. The van der Waals surface area contributed by atoms with Gasteiger partial charge >= 0.3 is 0 Å². The van der Waals surface area contributed by atoms with Crippen molar-refractivity contribution in [1.29, 1.82) is 0 Å². The number of hydrogen-bond acceptors (Lipinski definition) is 4. The molecule has 5 heteroatoms. The minimum Gasteiger partial charge on any atom is -0.273 e. The van der Waals surface area contributed by atoms with Crippen molar-refractivity contribution < 1.29 is 0 Å². The van der Waals surface area contributed by atoms with Crippen molar-refractivity contribution in [1.82, 2.24) is 19.7 Å². The molecular formula is C14H10N4S. The number of rotatable bonds is 1. The van der Waals surface area contributed by atoms with Crippen molar-refractivity contribution in [3.05, 3.63) is 42.0 Å². The number of thiophene rings is 1. The largest absolute Gasteiger partial charge is 0.273 e. The predicted molar refractivity (Wildman–Crippen MR) is 77.1 cm³/mol. The molecule has 0 bridgehead atoms. The number of aromatic nitrogens is 4. The molecule has 0 atom stereocenters. The van der Waals surface area contributed by atoms with Crippen molar-refractivity contribution in [3.8, 4) is 11.3 Å². The van der Waals surface area contributed by atoms with E-state index in [1.807, 2.05) is 25.5 Å². The molecule has 19 heavy (non-hydrogen) atoms. The Labute approximate surface area is 113 Å². The highest BCUT2D eigenvalue weighted by molar-refractivity contribution is 7.16. The minimum absolute atomic E-state index is 0.767. The second kappa shape index (κ2) is 3.86. The molecule has 0 aliphatic carbocycles. The van der Waals surface area contributed by atoms with Gasteiger partial charge in [0.2, 0.25) is 0 Å². The van der Waals surface area contributed by atoms with Crippen LogP contribution in [-0.2, 0) is 7.05 Å². The Morgan fingerprint density at radius 2 is 2.11 bits per heavy atom. The first-order valence-corrected chi connectivity index (χ1v) is 6.81. The summed E-state index contributed by atoms with van der Waals surface area (Å²) < 4.78 is 1.78. The van der Waals surface area contributed by atoms with Crippen molar-refractivity contribution >= 4 is 32.6 Å². The summed E-state index contributed by atoms with van der Waals surface area (Å²) in [6, 6.07) is 8.30. The van der Waals surface area contributed by atoms with Crippen LogP contribution < -0.4 is 0 Å². The zero-order valence-corrected chi connectivity index (χ0v) is 11.1. The van der Waals surface area contributed by atoms with E-state index in [2.05, 4.69) is 38.6 Å². The van der Waals surface area contributed by atoms with Crippen LogP contribution in [0.2, 0.25) is 0 Å². The molecule has 0 spiro atoms. The quantitative estimate of drug-likeness (QED) is 0.531. The topological polar surface area (TPSA) is 43.6 Å². The Hall–Kier alpha value is -2.27. The van der Waals surface area contributed by atoms with Gasteiger partial charge in [-0.05, 0) is 29.6 Å². The van der Waals surface area contributed by atoms with E-state index in [0.717, 1.165) is 27.1 Å². The molecule has 0 N–H and O–H groups in total. The fourth-order valence-corrected chi connectivity index (χ4v) is 2.94. The molecule has 0 saturated heterocycles. The average molecular weight is 266 g/mol. The third-order valence-electron chi connectivity index (χ3n) is 3.09. The van der Waals surface area contributed by atoms with Gasteiger partial charge in [0.15, 0.2) is 5.65 Å². The third kappa shape index (κ3) is 1.70. The molecule has 4 rings (SSSR count). The van der Waals surface area contributed by atoms with Crippen molar-refractivity contribution in [2.45, 2.75) is 0 Å². The third-order valence-corrected chi connectivity index (χ3v) is 3.91. The lowest BCUT2D eigenvalue weighted by Crippen LogP contribution is -1.86. The molecule has 4 aromatic rings. The molecule has 0 aliphatic rings. The zero-order valence-electron chi connectivity index (χ0n) is 10.2. The van der Waals surface area contributed by atoms with Crippen LogP contribution in [0.5, 0.6) is 0 Å². The average Bonchev–Trinajstić information content (AvgIpc) is 3.01.